The van der Waals surface area contributed by atoms with Gasteiger partial charge in [-0.2, -0.15) is 13.2 Å². The second-order valence-electron chi connectivity index (χ2n) is 7.62. The van der Waals surface area contributed by atoms with Crippen LogP contribution in [0.3, 0.4) is 0 Å². The van der Waals surface area contributed by atoms with Gasteiger partial charge in [-0.25, -0.2) is 14.8 Å². The van der Waals surface area contributed by atoms with E-state index in [0.717, 1.165) is 0 Å². The molecule has 0 unspecified atom stereocenters. The minimum atomic E-state index is -4.95. The van der Waals surface area contributed by atoms with Crippen molar-refractivity contribution < 1.29 is 32.5 Å². The third-order valence-corrected chi connectivity index (χ3v) is 5.67. The van der Waals surface area contributed by atoms with E-state index in [1.54, 1.807) is 30.9 Å². The molecule has 2 aromatic rings. The van der Waals surface area contributed by atoms with Gasteiger partial charge in [0.05, 0.1) is 13.2 Å². The molecule has 8 nitrogen and oxygen atoms in total. The van der Waals surface area contributed by atoms with Crippen molar-refractivity contribution in [1.82, 2.24) is 15.3 Å². The molecule has 1 fully saturated rings. The molecule has 1 aromatic carbocycles. The van der Waals surface area contributed by atoms with Crippen LogP contribution in [0.1, 0.15) is 48.3 Å². The molecule has 2 N–H and O–H groups in total. The molecule has 186 valence electrons. The molecule has 0 saturated carbocycles. The Labute approximate surface area is 200 Å². The van der Waals surface area contributed by atoms with Crippen LogP contribution < -0.4 is 19.7 Å². The fourth-order valence-corrected chi connectivity index (χ4v) is 4.02. The Balaban J connectivity index is 2.07. The maximum Gasteiger partial charge on any atom is 0.434 e. The number of carbonyl (C=O) groups is 1. The summed E-state index contributed by atoms with van der Waals surface area (Å²) in [5.74, 6) is -1.15. The van der Waals surface area contributed by atoms with Gasteiger partial charge in [-0.1, -0.05) is 11.6 Å². The number of piperidine rings is 1. The van der Waals surface area contributed by atoms with Gasteiger partial charge >= 0.3 is 12.1 Å². The van der Waals surface area contributed by atoms with Gasteiger partial charge in [-0.3, -0.25) is 0 Å². The SMILES string of the molecule is CCOc1cc(CN(c2ncc(C(=O)O)c(C(F)(F)F)n2)C2CCNCC2)cc(OCC)c1Cl. The number of aromatic carboxylic acids is 1. The standard InChI is InChI=1S/C22H26ClF3N4O4/c1-3-33-16-9-13(10-17(18(16)23)34-4-2)12-30(14-5-7-27-8-6-14)21-28-11-15(20(31)32)19(29-21)22(24,25)26/h9-11,14,27H,3-8,12H2,1-2H3,(H,31,32). The third-order valence-electron chi connectivity index (χ3n) is 5.30. The fraction of sp³-hybridized carbons (Fsp3) is 0.500. The number of alkyl halides is 3. The summed E-state index contributed by atoms with van der Waals surface area (Å²) in [5.41, 5.74) is -1.80. The summed E-state index contributed by atoms with van der Waals surface area (Å²) in [6.45, 7) is 5.84. The summed E-state index contributed by atoms with van der Waals surface area (Å²) in [5, 5.41) is 12.7. The van der Waals surface area contributed by atoms with Crippen LogP contribution in [0.15, 0.2) is 18.3 Å². The second kappa shape index (κ2) is 11.1. The van der Waals surface area contributed by atoms with Crippen molar-refractivity contribution in [3.05, 3.63) is 40.2 Å². The van der Waals surface area contributed by atoms with Gasteiger partial charge in [0.25, 0.3) is 0 Å². The summed E-state index contributed by atoms with van der Waals surface area (Å²) >= 11 is 6.38. The lowest BCUT2D eigenvalue weighted by molar-refractivity contribution is -0.141. The predicted molar refractivity (Wildman–Crippen MR) is 120 cm³/mol. The molecule has 1 aliphatic heterocycles. The Morgan fingerprint density at radius 3 is 2.29 bits per heavy atom. The van der Waals surface area contributed by atoms with Crippen molar-refractivity contribution in [2.45, 2.75) is 45.5 Å². The van der Waals surface area contributed by atoms with E-state index in [1.807, 2.05) is 0 Å². The van der Waals surface area contributed by atoms with Crippen LogP contribution in [0.25, 0.3) is 0 Å². The average Bonchev–Trinajstić information content (AvgIpc) is 2.80. The van der Waals surface area contributed by atoms with Crippen molar-refractivity contribution in [2.75, 3.05) is 31.2 Å². The van der Waals surface area contributed by atoms with E-state index >= 15 is 0 Å². The molecule has 1 aliphatic rings. The number of nitrogens with zero attached hydrogens (tertiary/aromatic N) is 3. The molecule has 34 heavy (non-hydrogen) atoms. The number of hydrogen-bond acceptors (Lipinski definition) is 7. The normalized spacial score (nSPS) is 14.6. The van der Waals surface area contributed by atoms with Gasteiger partial charge < -0.3 is 24.8 Å². The highest BCUT2D eigenvalue weighted by atomic mass is 35.5. The number of rotatable bonds is 9. The van der Waals surface area contributed by atoms with E-state index in [1.165, 1.54) is 0 Å². The highest BCUT2D eigenvalue weighted by Gasteiger charge is 2.39. The van der Waals surface area contributed by atoms with Crippen molar-refractivity contribution >= 4 is 23.5 Å². The maximum absolute atomic E-state index is 13.6. The summed E-state index contributed by atoms with van der Waals surface area (Å²) in [6.07, 6.45) is -2.94. The van der Waals surface area contributed by atoms with Crippen LogP contribution in [0, 0.1) is 0 Å². The number of halogens is 4. The predicted octanol–water partition coefficient (Wildman–Crippen LogP) is 4.40. The second-order valence-corrected chi connectivity index (χ2v) is 7.99. The molecule has 1 aromatic heterocycles. The molecule has 0 radical (unpaired) electrons. The van der Waals surface area contributed by atoms with Gasteiger partial charge in [0.2, 0.25) is 5.95 Å². The highest BCUT2D eigenvalue weighted by molar-refractivity contribution is 6.33. The van der Waals surface area contributed by atoms with Crippen LogP contribution in [-0.4, -0.2) is 53.4 Å². The number of hydrogen-bond donors (Lipinski definition) is 2. The lowest BCUT2D eigenvalue weighted by Crippen LogP contribution is -2.44. The van der Waals surface area contributed by atoms with Crippen LogP contribution in [0.4, 0.5) is 19.1 Å². The molecule has 0 aliphatic carbocycles. The number of ether oxygens (including phenoxy) is 2. The largest absolute Gasteiger partial charge is 0.492 e. The van der Waals surface area contributed by atoms with E-state index in [9.17, 15) is 23.1 Å². The highest BCUT2D eigenvalue weighted by Crippen LogP contribution is 2.37. The Morgan fingerprint density at radius 2 is 1.79 bits per heavy atom. The average molecular weight is 503 g/mol. The van der Waals surface area contributed by atoms with Gasteiger partial charge in [-0.05, 0) is 57.5 Å². The van der Waals surface area contributed by atoms with Crippen molar-refractivity contribution in [3.8, 4) is 11.5 Å². The molecule has 12 heteroatoms. The van der Waals surface area contributed by atoms with Crippen LogP contribution >= 0.6 is 11.6 Å². The molecule has 0 atom stereocenters. The van der Waals surface area contributed by atoms with Gasteiger partial charge in [-0.15, -0.1) is 0 Å². The minimum absolute atomic E-state index is 0.145. The summed E-state index contributed by atoms with van der Waals surface area (Å²) in [4.78, 5) is 20.7. The first-order valence-electron chi connectivity index (χ1n) is 10.9. The van der Waals surface area contributed by atoms with E-state index in [4.69, 9.17) is 21.1 Å². The summed E-state index contributed by atoms with van der Waals surface area (Å²) < 4.78 is 52.1. The molecular weight excluding hydrogens is 477 g/mol. The number of benzene rings is 1. The zero-order chi connectivity index (χ0) is 24.9. The van der Waals surface area contributed by atoms with Crippen molar-refractivity contribution in [2.24, 2.45) is 0 Å². The lowest BCUT2D eigenvalue weighted by Gasteiger charge is -2.35. The number of aromatic nitrogens is 2. The molecule has 0 spiro atoms. The number of anilines is 1. The maximum atomic E-state index is 13.6. The van der Waals surface area contributed by atoms with Crippen molar-refractivity contribution in [1.29, 1.82) is 0 Å². The van der Waals surface area contributed by atoms with Gasteiger partial charge in [0.15, 0.2) is 5.69 Å². The first kappa shape index (κ1) is 25.8. The Morgan fingerprint density at radius 1 is 1.21 bits per heavy atom. The van der Waals surface area contributed by atoms with Crippen LogP contribution in [0.5, 0.6) is 11.5 Å². The summed E-state index contributed by atoms with van der Waals surface area (Å²) in [7, 11) is 0. The van der Waals surface area contributed by atoms with Crippen LogP contribution in [0.2, 0.25) is 5.02 Å². The van der Waals surface area contributed by atoms with Gasteiger partial charge in [0, 0.05) is 18.8 Å². The molecular formula is C22H26ClF3N4O4. The first-order valence-corrected chi connectivity index (χ1v) is 11.3. The zero-order valence-electron chi connectivity index (χ0n) is 18.8. The fourth-order valence-electron chi connectivity index (χ4n) is 3.80. The smallest absolute Gasteiger partial charge is 0.434 e. The number of carboxylic acids is 1. The Hall–Kier alpha value is -2.79. The quantitative estimate of drug-likeness (QED) is 0.521. The van der Waals surface area contributed by atoms with E-state index < -0.39 is 23.4 Å². The zero-order valence-corrected chi connectivity index (χ0v) is 19.5. The molecule has 0 bridgehead atoms. The third kappa shape index (κ3) is 6.01. The van der Waals surface area contributed by atoms with Gasteiger partial charge in [0.1, 0.15) is 22.1 Å². The monoisotopic (exact) mass is 502 g/mol. The molecule has 0 amide bonds. The first-order chi connectivity index (χ1) is 16.2. The minimum Gasteiger partial charge on any atom is -0.492 e. The Kier molecular flexibility index (Phi) is 8.42. The molecule has 3 rings (SSSR count). The molecule has 1 saturated heterocycles. The number of nitrogens with one attached hydrogen (secondary N) is 1. The molecule has 2 heterocycles. The topological polar surface area (TPSA) is 96.8 Å². The van der Waals surface area contributed by atoms with Crippen LogP contribution in [-0.2, 0) is 12.7 Å². The Bertz CT molecular complexity index is 989. The van der Waals surface area contributed by atoms with E-state index in [-0.39, 0.29) is 18.5 Å². The summed E-state index contributed by atoms with van der Waals surface area (Å²) in [6, 6.07) is 3.25. The van der Waals surface area contributed by atoms with E-state index in [0.29, 0.717) is 67.4 Å². The lowest BCUT2D eigenvalue weighted by atomic mass is 10.0. The van der Waals surface area contributed by atoms with Crippen molar-refractivity contribution in [3.63, 3.8) is 0 Å². The number of carboxylic acid groups (broad SMARTS) is 1. The van der Waals surface area contributed by atoms with E-state index in [2.05, 4.69) is 15.3 Å².